The summed E-state index contributed by atoms with van der Waals surface area (Å²) in [6, 6.07) is 3.92. The van der Waals surface area contributed by atoms with Crippen LogP contribution in [0, 0.1) is 19.7 Å². The van der Waals surface area contributed by atoms with Crippen molar-refractivity contribution in [3.63, 3.8) is 0 Å². The lowest BCUT2D eigenvalue weighted by molar-refractivity contribution is 0.0994. The van der Waals surface area contributed by atoms with Crippen LogP contribution in [0.2, 0.25) is 5.02 Å². The molecule has 1 amide bonds. The maximum Gasteiger partial charge on any atom is 0.293 e. The number of carbonyl (C=O) groups is 1. The van der Waals surface area contributed by atoms with E-state index in [-0.39, 0.29) is 10.8 Å². The predicted molar refractivity (Wildman–Crippen MR) is 65.3 cm³/mol. The standard InChI is InChI=1S/C12H10ClFN2O2/c1-6-11(18-7(2)15-6)12(17)16-8-3-4-10(14)9(13)5-8/h3-5H,1-2H3,(H,16,17). The van der Waals surface area contributed by atoms with Gasteiger partial charge in [0.2, 0.25) is 5.76 Å². The number of halogens is 2. The van der Waals surface area contributed by atoms with Gasteiger partial charge in [0.25, 0.3) is 5.91 Å². The van der Waals surface area contributed by atoms with Gasteiger partial charge in [-0.1, -0.05) is 11.6 Å². The molecule has 0 aliphatic rings. The van der Waals surface area contributed by atoms with Gasteiger partial charge in [-0.3, -0.25) is 4.79 Å². The Labute approximate surface area is 108 Å². The van der Waals surface area contributed by atoms with Crippen molar-refractivity contribution in [2.45, 2.75) is 13.8 Å². The van der Waals surface area contributed by atoms with Crippen molar-refractivity contribution in [2.75, 3.05) is 5.32 Å². The third-order valence-corrected chi connectivity index (χ3v) is 2.58. The molecule has 1 N–H and O–H groups in total. The Morgan fingerprint density at radius 1 is 1.44 bits per heavy atom. The Morgan fingerprint density at radius 2 is 2.17 bits per heavy atom. The van der Waals surface area contributed by atoms with Crippen LogP contribution in [0.1, 0.15) is 22.1 Å². The Balaban J connectivity index is 2.21. The molecule has 0 bridgehead atoms. The number of nitrogens with one attached hydrogen (secondary N) is 1. The largest absolute Gasteiger partial charge is 0.436 e. The highest BCUT2D eigenvalue weighted by molar-refractivity contribution is 6.31. The van der Waals surface area contributed by atoms with E-state index in [2.05, 4.69) is 10.3 Å². The van der Waals surface area contributed by atoms with E-state index in [1.165, 1.54) is 18.2 Å². The second-order valence-electron chi connectivity index (χ2n) is 3.73. The Hall–Kier alpha value is -1.88. The Morgan fingerprint density at radius 3 is 2.72 bits per heavy atom. The summed E-state index contributed by atoms with van der Waals surface area (Å²) in [7, 11) is 0. The quantitative estimate of drug-likeness (QED) is 0.909. The molecule has 0 saturated heterocycles. The fourth-order valence-electron chi connectivity index (χ4n) is 1.50. The lowest BCUT2D eigenvalue weighted by Gasteiger charge is -2.04. The highest BCUT2D eigenvalue weighted by Gasteiger charge is 2.16. The average Bonchev–Trinajstić information content (AvgIpc) is 2.63. The summed E-state index contributed by atoms with van der Waals surface area (Å²) in [5.74, 6) is -0.445. The van der Waals surface area contributed by atoms with E-state index in [1.807, 2.05) is 0 Å². The maximum atomic E-state index is 13.0. The maximum absolute atomic E-state index is 13.0. The van der Waals surface area contributed by atoms with Crippen molar-refractivity contribution in [1.29, 1.82) is 0 Å². The lowest BCUT2D eigenvalue weighted by Crippen LogP contribution is -2.12. The van der Waals surface area contributed by atoms with Gasteiger partial charge in [-0.15, -0.1) is 0 Å². The Bertz CT molecular complexity index is 610. The van der Waals surface area contributed by atoms with Crippen LogP contribution in [0.3, 0.4) is 0 Å². The number of aromatic nitrogens is 1. The van der Waals surface area contributed by atoms with Gasteiger partial charge in [-0.25, -0.2) is 9.37 Å². The zero-order chi connectivity index (χ0) is 13.3. The van der Waals surface area contributed by atoms with E-state index >= 15 is 0 Å². The van der Waals surface area contributed by atoms with Crippen LogP contribution < -0.4 is 5.32 Å². The van der Waals surface area contributed by atoms with Crippen LogP contribution in [0.15, 0.2) is 22.6 Å². The number of aryl methyl sites for hydroxylation is 2. The molecule has 0 atom stereocenters. The molecule has 1 heterocycles. The van der Waals surface area contributed by atoms with Gasteiger partial charge in [0.15, 0.2) is 5.89 Å². The van der Waals surface area contributed by atoms with Gasteiger partial charge in [-0.2, -0.15) is 0 Å². The fraction of sp³-hybridized carbons (Fsp3) is 0.167. The lowest BCUT2D eigenvalue weighted by atomic mass is 10.3. The van der Waals surface area contributed by atoms with Crippen molar-refractivity contribution in [1.82, 2.24) is 4.98 Å². The first-order chi connectivity index (χ1) is 8.47. The summed E-state index contributed by atoms with van der Waals surface area (Å²) in [5.41, 5.74) is 0.887. The van der Waals surface area contributed by atoms with Gasteiger partial charge in [-0.05, 0) is 25.1 Å². The number of benzene rings is 1. The number of rotatable bonds is 2. The molecule has 1 aromatic carbocycles. The molecule has 0 unspecified atom stereocenters. The number of anilines is 1. The third-order valence-electron chi connectivity index (χ3n) is 2.29. The second kappa shape index (κ2) is 4.78. The fourth-order valence-corrected chi connectivity index (χ4v) is 1.68. The first kappa shape index (κ1) is 12.6. The highest BCUT2D eigenvalue weighted by Crippen LogP contribution is 2.20. The van der Waals surface area contributed by atoms with Gasteiger partial charge < -0.3 is 9.73 Å². The molecule has 1 aromatic heterocycles. The summed E-state index contributed by atoms with van der Waals surface area (Å²) in [4.78, 5) is 15.9. The molecular formula is C12H10ClFN2O2. The molecule has 0 saturated carbocycles. The van der Waals surface area contributed by atoms with Crippen LogP contribution in [0.25, 0.3) is 0 Å². The number of hydrogen-bond donors (Lipinski definition) is 1. The molecule has 0 aliphatic heterocycles. The van der Waals surface area contributed by atoms with Gasteiger partial charge in [0.05, 0.1) is 10.7 Å². The topological polar surface area (TPSA) is 55.1 Å². The normalized spacial score (nSPS) is 10.4. The third kappa shape index (κ3) is 2.51. The molecule has 94 valence electrons. The number of oxazole rings is 1. The van der Waals surface area contributed by atoms with Crippen molar-refractivity contribution in [3.05, 3.63) is 46.4 Å². The molecule has 2 aromatic rings. The highest BCUT2D eigenvalue weighted by atomic mass is 35.5. The van der Waals surface area contributed by atoms with Crippen LogP contribution in [-0.4, -0.2) is 10.9 Å². The number of amides is 1. The summed E-state index contributed by atoms with van der Waals surface area (Å²) in [6.45, 7) is 3.32. The smallest absolute Gasteiger partial charge is 0.293 e. The number of nitrogens with zero attached hydrogens (tertiary/aromatic N) is 1. The predicted octanol–water partition coefficient (Wildman–Crippen LogP) is 3.34. The minimum atomic E-state index is -0.540. The average molecular weight is 269 g/mol. The van der Waals surface area contributed by atoms with E-state index in [1.54, 1.807) is 13.8 Å². The summed E-state index contributed by atoms with van der Waals surface area (Å²) in [6.07, 6.45) is 0. The van der Waals surface area contributed by atoms with E-state index < -0.39 is 11.7 Å². The van der Waals surface area contributed by atoms with Crippen molar-refractivity contribution in [3.8, 4) is 0 Å². The molecule has 18 heavy (non-hydrogen) atoms. The van der Waals surface area contributed by atoms with Gasteiger partial charge in [0.1, 0.15) is 5.82 Å². The molecule has 0 spiro atoms. The zero-order valence-corrected chi connectivity index (χ0v) is 10.5. The SMILES string of the molecule is Cc1nc(C)c(C(=O)Nc2ccc(F)c(Cl)c2)o1. The first-order valence-corrected chi connectivity index (χ1v) is 5.55. The van der Waals surface area contributed by atoms with Crippen molar-refractivity contribution >= 4 is 23.2 Å². The first-order valence-electron chi connectivity index (χ1n) is 5.18. The summed E-state index contributed by atoms with van der Waals surface area (Å²) < 4.78 is 18.1. The van der Waals surface area contributed by atoms with Crippen molar-refractivity contribution in [2.24, 2.45) is 0 Å². The molecule has 6 heteroatoms. The Kier molecular flexibility index (Phi) is 3.34. The number of carbonyl (C=O) groups excluding carboxylic acids is 1. The minimum absolute atomic E-state index is 0.0572. The zero-order valence-electron chi connectivity index (χ0n) is 9.75. The van der Waals surface area contributed by atoms with Crippen LogP contribution >= 0.6 is 11.6 Å². The van der Waals surface area contributed by atoms with Crippen LogP contribution in [0.4, 0.5) is 10.1 Å². The van der Waals surface area contributed by atoms with E-state index in [0.717, 1.165) is 0 Å². The molecule has 0 radical (unpaired) electrons. The second-order valence-corrected chi connectivity index (χ2v) is 4.14. The van der Waals surface area contributed by atoms with Gasteiger partial charge >= 0.3 is 0 Å². The molecule has 4 nitrogen and oxygen atoms in total. The van der Waals surface area contributed by atoms with E-state index in [4.69, 9.17) is 16.0 Å². The van der Waals surface area contributed by atoms with Crippen LogP contribution in [0.5, 0.6) is 0 Å². The molecule has 0 fully saturated rings. The van der Waals surface area contributed by atoms with Crippen LogP contribution in [-0.2, 0) is 0 Å². The monoisotopic (exact) mass is 268 g/mol. The van der Waals surface area contributed by atoms with Gasteiger partial charge in [0, 0.05) is 12.6 Å². The van der Waals surface area contributed by atoms with Crippen molar-refractivity contribution < 1.29 is 13.6 Å². The molecule has 0 aliphatic carbocycles. The van der Waals surface area contributed by atoms with E-state index in [9.17, 15) is 9.18 Å². The summed E-state index contributed by atoms with van der Waals surface area (Å²) in [5, 5.41) is 2.50. The minimum Gasteiger partial charge on any atom is -0.436 e. The number of hydrogen-bond acceptors (Lipinski definition) is 3. The molecular weight excluding hydrogens is 259 g/mol. The van der Waals surface area contributed by atoms with E-state index in [0.29, 0.717) is 17.3 Å². The molecule has 2 rings (SSSR count). The summed E-state index contributed by atoms with van der Waals surface area (Å²) >= 11 is 5.62.